The lowest BCUT2D eigenvalue weighted by molar-refractivity contribution is 0.0322. The van der Waals surface area contributed by atoms with Crippen LogP contribution < -0.4 is 0 Å². The summed E-state index contributed by atoms with van der Waals surface area (Å²) in [6.45, 7) is 9.57. The summed E-state index contributed by atoms with van der Waals surface area (Å²) in [7, 11) is 0. The van der Waals surface area contributed by atoms with E-state index in [1.807, 2.05) is 38.1 Å². The van der Waals surface area contributed by atoms with Gasteiger partial charge in [0.2, 0.25) is 11.7 Å². The van der Waals surface area contributed by atoms with E-state index in [4.69, 9.17) is 4.52 Å². The average molecular weight is 289 g/mol. The van der Waals surface area contributed by atoms with Gasteiger partial charge < -0.3 is 9.63 Å². The van der Waals surface area contributed by atoms with Crippen LogP contribution in [0.3, 0.4) is 0 Å². The molecular formula is C16H23N3O2. The summed E-state index contributed by atoms with van der Waals surface area (Å²) in [5, 5.41) is 14.0. The van der Waals surface area contributed by atoms with Gasteiger partial charge in [0.05, 0.1) is 12.1 Å². The van der Waals surface area contributed by atoms with Crippen LogP contribution in [0.25, 0.3) is 11.4 Å². The molecule has 2 rings (SSSR count). The number of likely N-dealkylation sites (N-methyl/N-ethyl adjacent to an activating group) is 1. The summed E-state index contributed by atoms with van der Waals surface area (Å²) in [5.74, 6) is 1.18. The summed E-state index contributed by atoms with van der Waals surface area (Å²) in [5.41, 5.74) is 1.36. The zero-order chi connectivity index (χ0) is 15.5. The Labute approximate surface area is 125 Å². The Bertz CT molecular complexity index is 587. The standard InChI is InChI=1S/C16H23N3O2/c1-5-19(11-16(3,4)20)10-14-17-15(18-21-14)13-9-7-6-8-12(13)2/h6-9,20H,5,10-11H2,1-4H3. The minimum absolute atomic E-state index is 0.541. The molecule has 0 aliphatic heterocycles. The first-order valence-electron chi connectivity index (χ1n) is 7.22. The Balaban J connectivity index is 2.11. The van der Waals surface area contributed by atoms with Crippen molar-refractivity contribution >= 4 is 0 Å². The van der Waals surface area contributed by atoms with Crippen LogP contribution in [0.15, 0.2) is 28.8 Å². The van der Waals surface area contributed by atoms with E-state index in [2.05, 4.69) is 15.0 Å². The minimum Gasteiger partial charge on any atom is -0.389 e. The van der Waals surface area contributed by atoms with Crippen LogP contribution in [0.2, 0.25) is 0 Å². The van der Waals surface area contributed by atoms with Gasteiger partial charge in [-0.25, -0.2) is 0 Å². The molecule has 5 nitrogen and oxygen atoms in total. The van der Waals surface area contributed by atoms with E-state index in [0.29, 0.717) is 24.8 Å². The molecule has 1 N–H and O–H groups in total. The molecule has 0 bridgehead atoms. The van der Waals surface area contributed by atoms with Gasteiger partial charge in [0, 0.05) is 12.1 Å². The van der Waals surface area contributed by atoms with Crippen molar-refractivity contribution in [1.29, 1.82) is 0 Å². The molecule has 1 aromatic carbocycles. The number of rotatable bonds is 6. The fourth-order valence-corrected chi connectivity index (χ4v) is 2.27. The molecule has 0 amide bonds. The summed E-state index contributed by atoms with van der Waals surface area (Å²) in [4.78, 5) is 6.54. The van der Waals surface area contributed by atoms with Crippen molar-refractivity contribution in [1.82, 2.24) is 15.0 Å². The lowest BCUT2D eigenvalue weighted by Crippen LogP contribution is -2.38. The second-order valence-electron chi connectivity index (χ2n) is 5.94. The number of nitrogens with zero attached hydrogens (tertiary/aromatic N) is 3. The molecule has 5 heteroatoms. The second kappa shape index (κ2) is 6.37. The molecule has 0 atom stereocenters. The molecule has 1 aromatic heterocycles. The van der Waals surface area contributed by atoms with Crippen molar-refractivity contribution in [2.24, 2.45) is 0 Å². The second-order valence-corrected chi connectivity index (χ2v) is 5.94. The number of aliphatic hydroxyl groups is 1. The molecule has 0 saturated heterocycles. The number of hydrogen-bond acceptors (Lipinski definition) is 5. The number of aromatic nitrogens is 2. The molecule has 1 heterocycles. The van der Waals surface area contributed by atoms with Crippen LogP contribution in [0.4, 0.5) is 0 Å². The van der Waals surface area contributed by atoms with Gasteiger partial charge >= 0.3 is 0 Å². The predicted octanol–water partition coefficient (Wildman–Crippen LogP) is 2.64. The van der Waals surface area contributed by atoms with Crippen molar-refractivity contribution in [2.45, 2.75) is 39.8 Å². The third-order valence-electron chi connectivity index (χ3n) is 3.27. The zero-order valence-electron chi connectivity index (χ0n) is 13.1. The Kier molecular flexibility index (Phi) is 4.75. The molecule has 0 unspecified atom stereocenters. The van der Waals surface area contributed by atoms with Crippen molar-refractivity contribution < 1.29 is 9.63 Å². The first-order chi connectivity index (χ1) is 9.89. The lowest BCUT2D eigenvalue weighted by atomic mass is 10.1. The first-order valence-corrected chi connectivity index (χ1v) is 7.22. The predicted molar refractivity (Wildman–Crippen MR) is 81.7 cm³/mol. The molecule has 2 aromatic rings. The van der Waals surface area contributed by atoms with Crippen LogP contribution in [0, 0.1) is 6.92 Å². The van der Waals surface area contributed by atoms with E-state index in [-0.39, 0.29) is 0 Å². The highest BCUT2D eigenvalue weighted by atomic mass is 16.5. The molecule has 21 heavy (non-hydrogen) atoms. The lowest BCUT2D eigenvalue weighted by Gasteiger charge is -2.26. The highest BCUT2D eigenvalue weighted by Crippen LogP contribution is 2.20. The SMILES string of the molecule is CCN(Cc1nc(-c2ccccc2C)no1)CC(C)(C)O. The van der Waals surface area contributed by atoms with E-state index in [1.54, 1.807) is 13.8 Å². The van der Waals surface area contributed by atoms with Gasteiger partial charge in [-0.1, -0.05) is 36.3 Å². The molecule has 114 valence electrons. The molecule has 0 aliphatic rings. The molecule has 0 fully saturated rings. The summed E-state index contributed by atoms with van der Waals surface area (Å²) in [6, 6.07) is 7.96. The van der Waals surface area contributed by atoms with Crippen molar-refractivity contribution in [3.05, 3.63) is 35.7 Å². The van der Waals surface area contributed by atoms with Crippen molar-refractivity contribution in [2.75, 3.05) is 13.1 Å². The minimum atomic E-state index is -0.741. The van der Waals surface area contributed by atoms with E-state index in [0.717, 1.165) is 17.7 Å². The highest BCUT2D eigenvalue weighted by molar-refractivity contribution is 5.58. The van der Waals surface area contributed by atoms with E-state index < -0.39 is 5.60 Å². The molecular weight excluding hydrogens is 266 g/mol. The third-order valence-corrected chi connectivity index (χ3v) is 3.27. The monoisotopic (exact) mass is 289 g/mol. The maximum atomic E-state index is 9.91. The molecule has 0 spiro atoms. The normalized spacial score (nSPS) is 12.1. The third kappa shape index (κ3) is 4.37. The molecule has 0 radical (unpaired) electrons. The maximum Gasteiger partial charge on any atom is 0.241 e. The average Bonchev–Trinajstić information content (AvgIpc) is 2.85. The van der Waals surface area contributed by atoms with Crippen LogP contribution in [0.5, 0.6) is 0 Å². The zero-order valence-corrected chi connectivity index (χ0v) is 13.1. The summed E-state index contributed by atoms with van der Waals surface area (Å²) < 4.78 is 5.34. The molecule has 0 saturated carbocycles. The van der Waals surface area contributed by atoms with Gasteiger partial charge in [0.15, 0.2) is 0 Å². The van der Waals surface area contributed by atoms with Crippen LogP contribution in [-0.4, -0.2) is 38.8 Å². The first kappa shape index (κ1) is 15.7. The quantitative estimate of drug-likeness (QED) is 0.885. The fourth-order valence-electron chi connectivity index (χ4n) is 2.27. The Hall–Kier alpha value is -1.72. The fraction of sp³-hybridized carbons (Fsp3) is 0.500. The summed E-state index contributed by atoms with van der Waals surface area (Å²) in [6.07, 6.45) is 0. The maximum absolute atomic E-state index is 9.91. The Morgan fingerprint density at radius 3 is 2.62 bits per heavy atom. The van der Waals surface area contributed by atoms with Gasteiger partial charge in [-0.05, 0) is 32.9 Å². The van der Waals surface area contributed by atoms with Crippen LogP contribution in [-0.2, 0) is 6.54 Å². The Morgan fingerprint density at radius 2 is 2.00 bits per heavy atom. The Morgan fingerprint density at radius 1 is 1.29 bits per heavy atom. The molecule has 0 aliphatic carbocycles. The van der Waals surface area contributed by atoms with Crippen molar-refractivity contribution in [3.8, 4) is 11.4 Å². The van der Waals surface area contributed by atoms with Gasteiger partial charge in [0.25, 0.3) is 0 Å². The van der Waals surface area contributed by atoms with E-state index in [1.165, 1.54) is 0 Å². The number of benzene rings is 1. The van der Waals surface area contributed by atoms with Crippen LogP contribution >= 0.6 is 0 Å². The van der Waals surface area contributed by atoms with Gasteiger partial charge in [-0.2, -0.15) is 4.98 Å². The van der Waals surface area contributed by atoms with Crippen LogP contribution in [0.1, 0.15) is 32.2 Å². The smallest absolute Gasteiger partial charge is 0.241 e. The number of hydrogen-bond donors (Lipinski definition) is 1. The summed E-state index contributed by atoms with van der Waals surface area (Å²) >= 11 is 0. The topological polar surface area (TPSA) is 62.4 Å². The van der Waals surface area contributed by atoms with E-state index >= 15 is 0 Å². The van der Waals surface area contributed by atoms with Gasteiger partial charge in [0.1, 0.15) is 0 Å². The largest absolute Gasteiger partial charge is 0.389 e. The van der Waals surface area contributed by atoms with Gasteiger partial charge in [-0.15, -0.1) is 0 Å². The highest BCUT2D eigenvalue weighted by Gasteiger charge is 2.19. The number of aryl methyl sites for hydroxylation is 1. The van der Waals surface area contributed by atoms with Gasteiger partial charge in [-0.3, -0.25) is 4.90 Å². The van der Waals surface area contributed by atoms with Crippen molar-refractivity contribution in [3.63, 3.8) is 0 Å². The van der Waals surface area contributed by atoms with E-state index in [9.17, 15) is 5.11 Å².